The van der Waals surface area contributed by atoms with Crippen LogP contribution in [0.1, 0.15) is 24.5 Å². The molecule has 0 unspecified atom stereocenters. The van der Waals surface area contributed by atoms with Crippen molar-refractivity contribution in [1.82, 2.24) is 0 Å². The fourth-order valence-electron chi connectivity index (χ4n) is 2.24. The Morgan fingerprint density at radius 1 is 0.909 bits per heavy atom. The van der Waals surface area contributed by atoms with Crippen molar-refractivity contribution in [2.75, 3.05) is 30.3 Å². The number of nitrogens with one attached hydrogen (secondary N) is 2. The second-order valence-corrected chi connectivity index (χ2v) is 5.47. The van der Waals surface area contributed by atoms with Crippen LogP contribution in [0.15, 0.2) is 42.5 Å². The lowest BCUT2D eigenvalue weighted by Gasteiger charge is -2.12. The highest BCUT2D eigenvalue weighted by molar-refractivity contribution is 5.54. The van der Waals surface area contributed by atoms with Gasteiger partial charge < -0.3 is 15.4 Å². The lowest BCUT2D eigenvalue weighted by Crippen LogP contribution is -2.14. The van der Waals surface area contributed by atoms with Crippen LogP contribution in [0.25, 0.3) is 0 Å². The lowest BCUT2D eigenvalue weighted by molar-refractivity contribution is 0.317. The molecular weight excluding hydrogens is 272 g/mol. The Balaban J connectivity index is 1.75. The van der Waals surface area contributed by atoms with Crippen molar-refractivity contribution in [3.63, 3.8) is 0 Å². The minimum atomic E-state index is 0.770. The van der Waals surface area contributed by atoms with Gasteiger partial charge in [-0.1, -0.05) is 19.1 Å². The maximum atomic E-state index is 5.58. The summed E-state index contributed by atoms with van der Waals surface area (Å²) in [6.07, 6.45) is 1.03. The quantitative estimate of drug-likeness (QED) is 0.698. The second kappa shape index (κ2) is 8.32. The molecule has 2 N–H and O–H groups in total. The lowest BCUT2D eigenvalue weighted by atomic mass is 10.1. The summed E-state index contributed by atoms with van der Waals surface area (Å²) in [6.45, 7) is 8.94. The van der Waals surface area contributed by atoms with Crippen molar-refractivity contribution in [2.45, 2.75) is 27.2 Å². The van der Waals surface area contributed by atoms with Gasteiger partial charge >= 0.3 is 0 Å². The monoisotopic (exact) mass is 298 g/mol. The van der Waals surface area contributed by atoms with Gasteiger partial charge in [0, 0.05) is 24.5 Å². The fraction of sp³-hybridized carbons (Fsp3) is 0.368. The molecule has 3 nitrogen and oxygen atoms in total. The summed E-state index contributed by atoms with van der Waals surface area (Å²) >= 11 is 0. The number of benzene rings is 2. The van der Waals surface area contributed by atoms with Crippen LogP contribution in [0.4, 0.5) is 11.4 Å². The summed E-state index contributed by atoms with van der Waals surface area (Å²) in [6, 6.07) is 14.5. The average Bonchev–Trinajstić information content (AvgIpc) is 2.54. The fourth-order valence-corrected chi connectivity index (χ4v) is 2.24. The van der Waals surface area contributed by atoms with E-state index in [2.05, 4.69) is 61.7 Å². The molecule has 2 aromatic carbocycles. The molecule has 0 aliphatic carbocycles. The molecule has 0 aliphatic heterocycles. The van der Waals surface area contributed by atoms with Gasteiger partial charge in [0.1, 0.15) is 5.75 Å². The highest BCUT2D eigenvalue weighted by atomic mass is 16.5. The Morgan fingerprint density at radius 3 is 2.36 bits per heavy atom. The Bertz CT molecular complexity index is 578. The summed E-state index contributed by atoms with van der Waals surface area (Å²) < 4.78 is 5.58. The third kappa shape index (κ3) is 4.69. The summed E-state index contributed by atoms with van der Waals surface area (Å²) in [4.78, 5) is 0. The van der Waals surface area contributed by atoms with Gasteiger partial charge in [-0.2, -0.15) is 0 Å². The van der Waals surface area contributed by atoms with Gasteiger partial charge in [0.25, 0.3) is 0 Å². The standard InChI is InChI=1S/C19H26N2O/c1-4-14-22-18-10-8-17(9-11-18)20-12-13-21-19-7-5-6-15(2)16(19)3/h5-11,20-21H,4,12-14H2,1-3H3. The van der Waals surface area contributed by atoms with Gasteiger partial charge in [0.15, 0.2) is 0 Å². The highest BCUT2D eigenvalue weighted by Crippen LogP contribution is 2.18. The summed E-state index contributed by atoms with van der Waals surface area (Å²) in [5.41, 5.74) is 4.97. The van der Waals surface area contributed by atoms with Crippen LogP contribution in [-0.2, 0) is 0 Å². The van der Waals surface area contributed by atoms with E-state index in [9.17, 15) is 0 Å². The maximum Gasteiger partial charge on any atom is 0.119 e. The molecule has 0 saturated carbocycles. The first-order valence-corrected chi connectivity index (χ1v) is 7.97. The second-order valence-electron chi connectivity index (χ2n) is 5.47. The van der Waals surface area contributed by atoms with E-state index in [0.29, 0.717) is 0 Å². The number of ether oxygens (including phenoxy) is 1. The topological polar surface area (TPSA) is 33.3 Å². The van der Waals surface area contributed by atoms with E-state index in [-0.39, 0.29) is 0 Å². The molecule has 0 aliphatic rings. The van der Waals surface area contributed by atoms with Crippen molar-refractivity contribution in [1.29, 1.82) is 0 Å². The largest absolute Gasteiger partial charge is 0.494 e. The normalized spacial score (nSPS) is 10.3. The van der Waals surface area contributed by atoms with E-state index in [1.807, 2.05) is 12.1 Å². The average molecular weight is 298 g/mol. The molecule has 2 aromatic rings. The van der Waals surface area contributed by atoms with Crippen molar-refractivity contribution >= 4 is 11.4 Å². The number of hydrogen-bond donors (Lipinski definition) is 2. The van der Waals surface area contributed by atoms with Crippen molar-refractivity contribution in [2.24, 2.45) is 0 Å². The number of rotatable bonds is 8. The zero-order valence-electron chi connectivity index (χ0n) is 13.8. The first-order chi connectivity index (χ1) is 10.7. The van der Waals surface area contributed by atoms with Crippen molar-refractivity contribution in [3.8, 4) is 5.75 Å². The highest BCUT2D eigenvalue weighted by Gasteiger charge is 1.99. The van der Waals surface area contributed by atoms with Crippen LogP contribution >= 0.6 is 0 Å². The van der Waals surface area contributed by atoms with E-state index in [0.717, 1.165) is 37.6 Å². The molecule has 0 amide bonds. The molecule has 0 atom stereocenters. The van der Waals surface area contributed by atoms with Crippen LogP contribution in [0, 0.1) is 13.8 Å². The Hall–Kier alpha value is -2.16. The number of hydrogen-bond acceptors (Lipinski definition) is 3. The Labute approximate surface area is 133 Å². The SMILES string of the molecule is CCCOc1ccc(NCCNc2cccc(C)c2C)cc1. The van der Waals surface area contributed by atoms with Gasteiger partial charge in [-0.15, -0.1) is 0 Å². The Morgan fingerprint density at radius 2 is 1.64 bits per heavy atom. The number of anilines is 2. The van der Waals surface area contributed by atoms with Gasteiger partial charge in [-0.3, -0.25) is 0 Å². The van der Waals surface area contributed by atoms with E-state index >= 15 is 0 Å². The molecule has 2 rings (SSSR count). The van der Waals surface area contributed by atoms with E-state index in [1.165, 1.54) is 16.8 Å². The molecule has 0 heterocycles. The maximum absolute atomic E-state index is 5.58. The molecule has 0 radical (unpaired) electrons. The van der Waals surface area contributed by atoms with E-state index in [1.54, 1.807) is 0 Å². The zero-order chi connectivity index (χ0) is 15.8. The molecule has 22 heavy (non-hydrogen) atoms. The zero-order valence-corrected chi connectivity index (χ0v) is 13.8. The Kier molecular flexibility index (Phi) is 6.13. The third-order valence-electron chi connectivity index (χ3n) is 3.70. The molecule has 118 valence electrons. The third-order valence-corrected chi connectivity index (χ3v) is 3.70. The van der Waals surface area contributed by atoms with Crippen LogP contribution in [0.5, 0.6) is 5.75 Å². The number of aryl methyl sites for hydroxylation is 1. The molecule has 0 saturated heterocycles. The first-order valence-electron chi connectivity index (χ1n) is 7.97. The summed E-state index contributed by atoms with van der Waals surface area (Å²) in [7, 11) is 0. The van der Waals surface area contributed by atoms with E-state index < -0.39 is 0 Å². The van der Waals surface area contributed by atoms with Crippen LogP contribution in [-0.4, -0.2) is 19.7 Å². The van der Waals surface area contributed by atoms with Gasteiger partial charge in [0.2, 0.25) is 0 Å². The molecule has 3 heteroatoms. The minimum Gasteiger partial charge on any atom is -0.494 e. The predicted octanol–water partition coefficient (Wildman–Crippen LogP) is 4.62. The summed E-state index contributed by atoms with van der Waals surface area (Å²) in [5, 5.41) is 6.89. The van der Waals surface area contributed by atoms with Crippen LogP contribution < -0.4 is 15.4 Å². The van der Waals surface area contributed by atoms with Crippen molar-refractivity contribution in [3.05, 3.63) is 53.6 Å². The molecule has 0 aromatic heterocycles. The van der Waals surface area contributed by atoms with Crippen LogP contribution in [0.3, 0.4) is 0 Å². The first kappa shape index (κ1) is 16.2. The minimum absolute atomic E-state index is 0.770. The van der Waals surface area contributed by atoms with Gasteiger partial charge in [0.05, 0.1) is 6.61 Å². The van der Waals surface area contributed by atoms with Crippen LogP contribution in [0.2, 0.25) is 0 Å². The predicted molar refractivity (Wildman–Crippen MR) is 95.1 cm³/mol. The molecule has 0 bridgehead atoms. The molecule has 0 spiro atoms. The smallest absolute Gasteiger partial charge is 0.119 e. The molecular formula is C19H26N2O. The van der Waals surface area contributed by atoms with E-state index in [4.69, 9.17) is 4.74 Å². The van der Waals surface area contributed by atoms with Crippen molar-refractivity contribution < 1.29 is 4.74 Å². The summed E-state index contributed by atoms with van der Waals surface area (Å²) in [5.74, 6) is 0.931. The molecule has 0 fully saturated rings. The van der Waals surface area contributed by atoms with Gasteiger partial charge in [-0.05, 0) is 61.7 Å². The van der Waals surface area contributed by atoms with Gasteiger partial charge in [-0.25, -0.2) is 0 Å².